The fraction of sp³-hybridized carbons (Fsp3) is 0.312. The number of nitro benzene ring substituents is 1. The van der Waals surface area contributed by atoms with Crippen LogP contribution in [0.2, 0.25) is 5.02 Å². The summed E-state index contributed by atoms with van der Waals surface area (Å²) in [5, 5.41) is 28.2. The van der Waals surface area contributed by atoms with Crippen molar-refractivity contribution in [2.45, 2.75) is 54.5 Å². The quantitative estimate of drug-likeness (QED) is 0.0224. The Labute approximate surface area is 394 Å². The molecule has 18 heteroatoms. The van der Waals surface area contributed by atoms with E-state index in [-0.39, 0.29) is 35.8 Å². The number of amides is 2. The highest BCUT2D eigenvalue weighted by Gasteiger charge is 2.27. The monoisotopic (exact) mass is 955 g/mol. The zero-order valence-corrected chi connectivity index (χ0v) is 39.2. The third-order valence-corrected chi connectivity index (χ3v) is 13.8. The first-order chi connectivity index (χ1) is 31.6. The van der Waals surface area contributed by atoms with Crippen molar-refractivity contribution in [1.29, 1.82) is 0 Å². The molecule has 1 atom stereocenters. The lowest BCUT2D eigenvalue weighted by atomic mass is 9.99. The van der Waals surface area contributed by atoms with Crippen LogP contribution in [0.5, 0.6) is 0 Å². The average molecular weight is 957 g/mol. The minimum Gasteiger partial charge on any atom is -0.481 e. The molecule has 4 N–H and O–H groups in total. The lowest BCUT2D eigenvalue weighted by Crippen LogP contribution is -2.46. The molecule has 1 unspecified atom stereocenters. The molecule has 5 aromatic rings. The summed E-state index contributed by atoms with van der Waals surface area (Å²) in [5.41, 5.74) is 3.85. The SMILES string of the molecule is CN(C)CCC(CSc1ccccc1)Nc1ccc(S(=O)(=O)NC(=O)c2ccc(N3CCN(Cc4ccccc4-c4ccc(Cl)cc4)CC3)c(NC(=O)CCCCC(=O)O)c2)cc1[N+](=O)[O-]. The van der Waals surface area contributed by atoms with Crippen LogP contribution in [0.1, 0.15) is 48.0 Å². The van der Waals surface area contributed by atoms with Crippen LogP contribution in [-0.4, -0.2) is 105 Å². The number of carbonyl (C=O) groups excluding carboxylic acids is 2. The molecule has 0 bridgehead atoms. The number of unbranched alkanes of at least 4 members (excludes halogenated alkanes) is 1. The molecule has 15 nitrogen and oxygen atoms in total. The van der Waals surface area contributed by atoms with Crippen molar-refractivity contribution in [3.05, 3.63) is 142 Å². The van der Waals surface area contributed by atoms with Gasteiger partial charge in [-0.05, 0) is 111 Å². The van der Waals surface area contributed by atoms with E-state index < -0.39 is 43.3 Å². The van der Waals surface area contributed by atoms with Gasteiger partial charge in [-0.15, -0.1) is 11.8 Å². The number of thioether (sulfide) groups is 1. The number of halogens is 1. The first-order valence-corrected chi connectivity index (χ1v) is 24.4. The van der Waals surface area contributed by atoms with Gasteiger partial charge in [0.05, 0.1) is 21.2 Å². The molecular formula is C48H54ClN7O8S2. The average Bonchev–Trinajstić information content (AvgIpc) is 3.29. The number of hydrogen-bond donors (Lipinski definition) is 4. The Morgan fingerprint density at radius 1 is 0.864 bits per heavy atom. The van der Waals surface area contributed by atoms with Crippen LogP contribution < -0.4 is 20.3 Å². The largest absolute Gasteiger partial charge is 0.481 e. The fourth-order valence-electron chi connectivity index (χ4n) is 7.52. The van der Waals surface area contributed by atoms with Gasteiger partial charge >= 0.3 is 5.97 Å². The summed E-state index contributed by atoms with van der Waals surface area (Å²) in [5.74, 6) is -1.77. The number of anilines is 3. The van der Waals surface area contributed by atoms with Crippen LogP contribution in [-0.2, 0) is 26.2 Å². The van der Waals surface area contributed by atoms with Gasteiger partial charge in [-0.25, -0.2) is 13.1 Å². The van der Waals surface area contributed by atoms with E-state index in [4.69, 9.17) is 16.7 Å². The van der Waals surface area contributed by atoms with Gasteiger partial charge in [-0.3, -0.25) is 29.4 Å². The predicted octanol–water partition coefficient (Wildman–Crippen LogP) is 8.46. The molecule has 1 aliphatic rings. The molecule has 1 saturated heterocycles. The number of carboxylic acid groups (broad SMARTS) is 1. The van der Waals surface area contributed by atoms with Crippen LogP contribution in [0.4, 0.5) is 22.7 Å². The second-order valence-electron chi connectivity index (χ2n) is 16.2. The Morgan fingerprint density at radius 3 is 2.26 bits per heavy atom. The zero-order chi connectivity index (χ0) is 47.2. The second kappa shape index (κ2) is 23.5. The number of rotatable bonds is 22. The van der Waals surface area contributed by atoms with E-state index in [9.17, 15) is 32.9 Å². The molecule has 0 radical (unpaired) electrons. The minimum atomic E-state index is -4.62. The van der Waals surface area contributed by atoms with Gasteiger partial charge in [-0.1, -0.05) is 66.2 Å². The summed E-state index contributed by atoms with van der Waals surface area (Å²) < 4.78 is 29.4. The maximum Gasteiger partial charge on any atom is 0.303 e. The maximum atomic E-state index is 13.7. The standard InChI is InChI=1S/C48H54ClN7O8S2/c1-53(2)25-24-38(33-65-39-11-4-3-5-12-39)50-42-22-21-40(31-45(42)56(61)62)66(63,64)52-48(60)35-18-23-44(43(30-35)51-46(57)14-8-9-15-47(58)59)55-28-26-54(27-29-55)32-36-10-6-7-13-41(36)34-16-19-37(49)20-17-34/h3-7,10-13,16-23,30-31,38,50H,8-9,14-15,24-29,32-33H2,1-2H3,(H,51,57)(H,52,60)(H,58,59). The summed E-state index contributed by atoms with van der Waals surface area (Å²) in [7, 11) is -0.749. The van der Waals surface area contributed by atoms with Crippen molar-refractivity contribution < 1.29 is 32.8 Å². The van der Waals surface area contributed by atoms with Crippen LogP contribution in [0.3, 0.4) is 0 Å². The summed E-state index contributed by atoms with van der Waals surface area (Å²) in [6.45, 7) is 3.93. The van der Waals surface area contributed by atoms with Crippen molar-refractivity contribution in [3.8, 4) is 11.1 Å². The summed E-state index contributed by atoms with van der Waals surface area (Å²) >= 11 is 7.75. The normalized spacial score (nSPS) is 13.5. The maximum absolute atomic E-state index is 13.7. The van der Waals surface area contributed by atoms with E-state index in [0.29, 0.717) is 75.0 Å². The Bertz CT molecular complexity index is 2590. The van der Waals surface area contributed by atoms with Crippen molar-refractivity contribution in [1.82, 2.24) is 14.5 Å². The number of piperazine rings is 1. The van der Waals surface area contributed by atoms with Gasteiger partial charge in [0.2, 0.25) is 5.91 Å². The number of hydrogen-bond acceptors (Lipinski definition) is 12. The van der Waals surface area contributed by atoms with Crippen LogP contribution in [0.15, 0.2) is 125 Å². The third kappa shape index (κ3) is 14.3. The van der Waals surface area contributed by atoms with E-state index >= 15 is 0 Å². The first-order valence-electron chi connectivity index (χ1n) is 21.6. The van der Waals surface area contributed by atoms with Gasteiger partial charge in [0.15, 0.2) is 0 Å². The van der Waals surface area contributed by atoms with Gasteiger partial charge in [0.25, 0.3) is 21.6 Å². The number of nitrogens with one attached hydrogen (secondary N) is 3. The van der Waals surface area contributed by atoms with Crippen LogP contribution in [0.25, 0.3) is 11.1 Å². The highest BCUT2D eigenvalue weighted by atomic mass is 35.5. The number of carbonyl (C=O) groups is 3. The van der Waals surface area contributed by atoms with E-state index in [2.05, 4.69) is 37.3 Å². The topological polar surface area (TPSA) is 195 Å². The van der Waals surface area contributed by atoms with Crippen molar-refractivity contribution in [3.63, 3.8) is 0 Å². The second-order valence-corrected chi connectivity index (χ2v) is 19.4. The lowest BCUT2D eigenvalue weighted by molar-refractivity contribution is -0.384. The number of nitro groups is 1. The van der Waals surface area contributed by atoms with E-state index in [1.807, 2.05) is 85.7 Å². The highest BCUT2D eigenvalue weighted by molar-refractivity contribution is 7.99. The van der Waals surface area contributed by atoms with Crippen LogP contribution >= 0.6 is 23.4 Å². The van der Waals surface area contributed by atoms with Crippen molar-refractivity contribution in [2.75, 3.05) is 68.1 Å². The number of aliphatic carboxylic acids is 1. The highest BCUT2D eigenvalue weighted by Crippen LogP contribution is 2.33. The smallest absolute Gasteiger partial charge is 0.303 e. The molecule has 1 fully saturated rings. The molecular weight excluding hydrogens is 902 g/mol. The summed E-state index contributed by atoms with van der Waals surface area (Å²) in [4.78, 5) is 56.6. The van der Waals surface area contributed by atoms with Crippen molar-refractivity contribution in [2.24, 2.45) is 0 Å². The molecule has 0 aromatic heterocycles. The molecule has 66 heavy (non-hydrogen) atoms. The molecule has 2 amide bonds. The lowest BCUT2D eigenvalue weighted by Gasteiger charge is -2.37. The zero-order valence-electron chi connectivity index (χ0n) is 36.8. The van der Waals surface area contributed by atoms with E-state index in [0.717, 1.165) is 27.7 Å². The summed E-state index contributed by atoms with van der Waals surface area (Å²) in [6.07, 6.45) is 1.24. The van der Waals surface area contributed by atoms with Gasteiger partial charge in [0, 0.05) is 78.9 Å². The molecule has 5 aromatic carbocycles. The number of benzene rings is 5. The van der Waals surface area contributed by atoms with Gasteiger partial charge in [0.1, 0.15) is 5.69 Å². The molecule has 0 saturated carbocycles. The Kier molecular flexibility index (Phi) is 17.6. The number of sulfonamides is 1. The van der Waals surface area contributed by atoms with Crippen LogP contribution in [0, 0.1) is 10.1 Å². The fourth-order valence-corrected chi connectivity index (χ4v) is 9.63. The van der Waals surface area contributed by atoms with Gasteiger partial charge < -0.3 is 25.5 Å². The third-order valence-electron chi connectivity index (χ3n) is 11.0. The van der Waals surface area contributed by atoms with Crippen molar-refractivity contribution >= 4 is 73.9 Å². The Balaban J connectivity index is 1.17. The van der Waals surface area contributed by atoms with Gasteiger partial charge in [-0.2, -0.15) is 0 Å². The molecule has 348 valence electrons. The Hall–Kier alpha value is -5.98. The molecule has 0 aliphatic carbocycles. The molecule has 1 heterocycles. The first kappa shape index (κ1) is 49.5. The van der Waals surface area contributed by atoms with E-state index in [1.54, 1.807) is 17.8 Å². The molecule has 0 spiro atoms. The molecule has 6 rings (SSSR count). The molecule has 1 aliphatic heterocycles. The number of carboxylic acids is 1. The summed E-state index contributed by atoms with van der Waals surface area (Å²) in [6, 6.07) is 33.5. The van der Waals surface area contributed by atoms with E-state index in [1.165, 1.54) is 24.3 Å². The predicted molar refractivity (Wildman–Crippen MR) is 261 cm³/mol. The minimum absolute atomic E-state index is 0.0320. The Morgan fingerprint density at radius 2 is 1.56 bits per heavy atom. The number of nitrogens with zero attached hydrogens (tertiary/aromatic N) is 4.